The first kappa shape index (κ1) is 26.5. The van der Waals surface area contributed by atoms with Gasteiger partial charge < -0.3 is 19.3 Å². The minimum Gasteiger partial charge on any atom is -0.380 e. The zero-order valence-electron chi connectivity index (χ0n) is 22.1. The molecule has 3 aliphatic heterocycles. The van der Waals surface area contributed by atoms with Gasteiger partial charge in [0.05, 0.1) is 17.4 Å². The van der Waals surface area contributed by atoms with Gasteiger partial charge in [0.15, 0.2) is 6.29 Å². The quantitative estimate of drug-likeness (QED) is 0.530. The minimum atomic E-state index is -0.460. The maximum absolute atomic E-state index is 13.4. The Morgan fingerprint density at radius 2 is 2.08 bits per heavy atom. The Morgan fingerprint density at radius 3 is 2.77 bits per heavy atom. The fourth-order valence-electron chi connectivity index (χ4n) is 5.45. The van der Waals surface area contributed by atoms with Gasteiger partial charge in [-0.15, -0.1) is 0 Å². The third kappa shape index (κ3) is 5.28. The lowest BCUT2D eigenvalue weighted by atomic mass is 10.0. The lowest BCUT2D eigenvalue weighted by molar-refractivity contribution is -0.136. The zero-order chi connectivity index (χ0) is 27.5. The monoisotopic (exact) mass is 533 g/mol. The number of methoxy groups -OCH3 is 2. The van der Waals surface area contributed by atoms with Crippen LogP contribution in [0.2, 0.25) is 0 Å². The highest BCUT2D eigenvalue weighted by molar-refractivity contribution is 6.02. The van der Waals surface area contributed by atoms with E-state index in [2.05, 4.69) is 26.3 Å². The average Bonchev–Trinajstić information content (AvgIpc) is 3.58. The molecule has 2 atom stereocenters. The third-order valence-electron chi connectivity index (χ3n) is 7.58. The molecular formula is C27H31N7O5. The summed E-state index contributed by atoms with van der Waals surface area (Å²) in [7, 11) is 3.18. The first-order valence-corrected chi connectivity index (χ1v) is 13.0. The van der Waals surface area contributed by atoms with Crippen LogP contribution in [0.4, 0.5) is 22.1 Å². The largest absolute Gasteiger partial charge is 0.380 e. The van der Waals surface area contributed by atoms with Gasteiger partial charge in [-0.25, -0.2) is 14.8 Å². The highest BCUT2D eigenvalue weighted by Gasteiger charge is 2.33. The molecule has 0 unspecified atom stereocenters. The van der Waals surface area contributed by atoms with Crippen LogP contribution < -0.4 is 15.1 Å². The van der Waals surface area contributed by atoms with Crippen molar-refractivity contribution in [3.63, 3.8) is 0 Å². The van der Waals surface area contributed by atoms with E-state index in [0.717, 1.165) is 18.5 Å². The number of urea groups is 1. The standard InChI is InChI=1S/C27H31N7O5/c1-38-20-5-8-32(15-20)22-11-24(29-13-19(22)12-28)31-27(37)34-7-3-4-17-10-18(21(16-35)30-25(17)34)14-33-9-6-23(39-2)26(33)36/h10-11,13,16,20,23H,3-9,14-15H2,1-2H3,(H,29,31,37)/t20-,23+/m1/s1. The Labute approximate surface area is 226 Å². The number of rotatable bonds is 7. The first-order chi connectivity index (χ1) is 18.9. The number of amides is 3. The summed E-state index contributed by atoms with van der Waals surface area (Å²) in [6.07, 6.45) is 4.61. The maximum Gasteiger partial charge on any atom is 0.328 e. The Balaban J connectivity index is 1.36. The molecule has 39 heavy (non-hydrogen) atoms. The molecule has 5 rings (SSSR count). The summed E-state index contributed by atoms with van der Waals surface area (Å²) >= 11 is 0. The first-order valence-electron chi connectivity index (χ1n) is 13.0. The molecule has 2 aromatic heterocycles. The summed E-state index contributed by atoms with van der Waals surface area (Å²) in [4.78, 5) is 51.9. The molecular weight excluding hydrogens is 502 g/mol. The van der Waals surface area contributed by atoms with Crippen LogP contribution in [0.1, 0.15) is 46.4 Å². The van der Waals surface area contributed by atoms with Crippen molar-refractivity contribution in [2.75, 3.05) is 55.5 Å². The number of nitriles is 1. The number of hydrogen-bond acceptors (Lipinski definition) is 9. The van der Waals surface area contributed by atoms with Crippen LogP contribution in [0, 0.1) is 11.3 Å². The van der Waals surface area contributed by atoms with Gasteiger partial charge in [-0.05, 0) is 30.9 Å². The number of carbonyl (C=O) groups excluding carboxylic acids is 3. The summed E-state index contributed by atoms with van der Waals surface area (Å²) in [6, 6.07) is 5.32. The second kappa shape index (κ2) is 11.3. The molecule has 2 fully saturated rings. The number of aromatic nitrogens is 2. The molecule has 3 amide bonds. The molecule has 2 aromatic rings. The molecule has 1 N–H and O–H groups in total. The molecule has 0 saturated carbocycles. The van der Waals surface area contributed by atoms with Gasteiger partial charge in [-0.1, -0.05) is 0 Å². The van der Waals surface area contributed by atoms with Gasteiger partial charge in [0.2, 0.25) is 0 Å². The predicted octanol–water partition coefficient (Wildman–Crippen LogP) is 2.12. The van der Waals surface area contributed by atoms with Crippen LogP contribution >= 0.6 is 0 Å². The normalized spacial score (nSPS) is 20.6. The Hall–Kier alpha value is -4.08. The van der Waals surface area contributed by atoms with Gasteiger partial charge in [0.1, 0.15) is 29.5 Å². The van der Waals surface area contributed by atoms with Crippen molar-refractivity contribution in [1.82, 2.24) is 14.9 Å². The highest BCUT2D eigenvalue weighted by atomic mass is 16.5. The SMILES string of the molecule is CO[C@@H]1CCN(c2cc(NC(=O)N3CCCc4cc(CN5CC[C@H](OC)C5=O)c(C=O)nc43)ncc2C#N)C1. The number of likely N-dealkylation sites (tertiary alicyclic amines) is 1. The fraction of sp³-hybridized carbons (Fsp3) is 0.481. The lowest BCUT2D eigenvalue weighted by Crippen LogP contribution is -2.40. The van der Waals surface area contributed by atoms with E-state index in [1.807, 2.05) is 6.07 Å². The molecule has 0 spiro atoms. The van der Waals surface area contributed by atoms with Crippen molar-refractivity contribution in [2.45, 2.75) is 44.4 Å². The smallest absolute Gasteiger partial charge is 0.328 e. The molecule has 2 saturated heterocycles. The van der Waals surface area contributed by atoms with Gasteiger partial charge in [0.25, 0.3) is 5.91 Å². The van der Waals surface area contributed by atoms with E-state index in [4.69, 9.17) is 9.47 Å². The molecule has 0 aromatic carbocycles. The van der Waals surface area contributed by atoms with Crippen LogP contribution in [0.25, 0.3) is 0 Å². The summed E-state index contributed by atoms with van der Waals surface area (Å²) < 4.78 is 10.7. The van der Waals surface area contributed by atoms with E-state index in [9.17, 15) is 19.6 Å². The summed E-state index contributed by atoms with van der Waals surface area (Å²) in [5.74, 6) is 0.631. The molecule has 12 heteroatoms. The van der Waals surface area contributed by atoms with Gasteiger partial charge in [-0.3, -0.25) is 19.8 Å². The number of nitrogens with zero attached hydrogens (tertiary/aromatic N) is 6. The second-order valence-corrected chi connectivity index (χ2v) is 9.88. The Bertz CT molecular complexity index is 1330. The average molecular weight is 534 g/mol. The van der Waals surface area contributed by atoms with Crippen molar-refractivity contribution in [2.24, 2.45) is 0 Å². The highest BCUT2D eigenvalue weighted by Crippen LogP contribution is 2.30. The molecule has 0 bridgehead atoms. The molecule has 5 heterocycles. The topological polar surface area (TPSA) is 141 Å². The maximum atomic E-state index is 13.4. The fourth-order valence-corrected chi connectivity index (χ4v) is 5.45. The number of fused-ring (bicyclic) bond motifs is 1. The summed E-state index contributed by atoms with van der Waals surface area (Å²) in [6.45, 7) is 2.62. The Kier molecular flexibility index (Phi) is 7.72. The van der Waals surface area contributed by atoms with Crippen LogP contribution in [-0.2, 0) is 27.2 Å². The van der Waals surface area contributed by atoms with E-state index < -0.39 is 12.1 Å². The van der Waals surface area contributed by atoms with Crippen LogP contribution in [0.3, 0.4) is 0 Å². The van der Waals surface area contributed by atoms with Gasteiger partial charge in [-0.2, -0.15) is 5.26 Å². The van der Waals surface area contributed by atoms with E-state index in [1.165, 1.54) is 18.2 Å². The number of anilines is 3. The van der Waals surface area contributed by atoms with Gasteiger partial charge in [0, 0.05) is 71.2 Å². The molecule has 12 nitrogen and oxygen atoms in total. The van der Waals surface area contributed by atoms with Crippen molar-refractivity contribution >= 4 is 35.5 Å². The van der Waals surface area contributed by atoms with Crippen molar-refractivity contribution in [3.8, 4) is 6.07 Å². The second-order valence-electron chi connectivity index (χ2n) is 9.88. The van der Waals surface area contributed by atoms with Crippen LogP contribution in [0.5, 0.6) is 0 Å². The van der Waals surface area contributed by atoms with E-state index in [-0.39, 0.29) is 24.2 Å². The number of ether oxygens (including phenoxy) is 2. The number of pyridine rings is 2. The lowest BCUT2D eigenvalue weighted by Gasteiger charge is -2.29. The van der Waals surface area contributed by atoms with E-state index in [1.54, 1.807) is 18.1 Å². The number of hydrogen-bond donors (Lipinski definition) is 1. The molecule has 0 radical (unpaired) electrons. The molecule has 3 aliphatic rings. The molecule has 204 valence electrons. The number of nitrogens with one attached hydrogen (secondary N) is 1. The Morgan fingerprint density at radius 1 is 1.23 bits per heavy atom. The van der Waals surface area contributed by atoms with Crippen LogP contribution in [-0.4, -0.2) is 85.7 Å². The number of carbonyl (C=O) groups is 3. The van der Waals surface area contributed by atoms with E-state index >= 15 is 0 Å². The van der Waals surface area contributed by atoms with Crippen LogP contribution in [0.15, 0.2) is 18.3 Å². The van der Waals surface area contributed by atoms with Gasteiger partial charge >= 0.3 is 6.03 Å². The molecule has 0 aliphatic carbocycles. The summed E-state index contributed by atoms with van der Waals surface area (Å²) in [5, 5.41) is 12.4. The van der Waals surface area contributed by atoms with Crippen molar-refractivity contribution in [3.05, 3.63) is 40.7 Å². The van der Waals surface area contributed by atoms with Crippen molar-refractivity contribution < 1.29 is 23.9 Å². The zero-order valence-corrected chi connectivity index (χ0v) is 22.1. The number of aldehydes is 1. The summed E-state index contributed by atoms with van der Waals surface area (Å²) in [5.41, 5.74) is 2.80. The van der Waals surface area contributed by atoms with Crippen molar-refractivity contribution in [1.29, 1.82) is 5.26 Å². The number of aryl methyl sites for hydroxylation is 1. The van der Waals surface area contributed by atoms with E-state index in [0.29, 0.717) is 73.6 Å². The third-order valence-corrected chi connectivity index (χ3v) is 7.58. The predicted molar refractivity (Wildman–Crippen MR) is 142 cm³/mol. The minimum absolute atomic E-state index is 0.0839.